The number of hydrogen-bond donors (Lipinski definition) is 0. The van der Waals surface area contributed by atoms with Crippen LogP contribution in [0.15, 0.2) is 48.5 Å². The molecule has 2 aromatic rings. The van der Waals surface area contributed by atoms with Crippen LogP contribution in [-0.2, 0) is 9.59 Å². The first kappa shape index (κ1) is 27.9. The van der Waals surface area contributed by atoms with Crippen molar-refractivity contribution in [2.45, 2.75) is 31.9 Å². The van der Waals surface area contributed by atoms with Gasteiger partial charge >= 0.3 is 0 Å². The fourth-order valence-corrected chi connectivity index (χ4v) is 6.45. The fraction of sp³-hybridized carbons (Fsp3) is 0.379. The fourth-order valence-electron chi connectivity index (χ4n) is 4.98. The number of carbonyl (C=O) groups excluding carboxylic acids is 3. The Morgan fingerprint density at radius 3 is 2.29 bits per heavy atom. The highest BCUT2D eigenvalue weighted by atomic mass is 32.2. The maximum atomic E-state index is 13.1. The summed E-state index contributed by atoms with van der Waals surface area (Å²) < 4.78 is 11.2. The Labute approximate surface area is 233 Å². The van der Waals surface area contributed by atoms with E-state index in [4.69, 9.17) is 21.7 Å². The summed E-state index contributed by atoms with van der Waals surface area (Å²) >= 11 is 6.96. The molecule has 38 heavy (non-hydrogen) atoms. The highest BCUT2D eigenvalue weighted by Gasteiger charge is 2.41. The van der Waals surface area contributed by atoms with Crippen LogP contribution in [0, 0.1) is 11.8 Å². The summed E-state index contributed by atoms with van der Waals surface area (Å²) in [4.78, 5) is 42.0. The Bertz CT molecular complexity index is 1250. The van der Waals surface area contributed by atoms with Crippen LogP contribution in [-0.4, -0.2) is 59.4 Å². The van der Waals surface area contributed by atoms with Crippen molar-refractivity contribution < 1.29 is 23.9 Å². The number of ether oxygens (including phenoxy) is 2. The summed E-state index contributed by atoms with van der Waals surface area (Å²) in [5.74, 6) is 1.54. The molecule has 0 saturated carbocycles. The first-order valence-corrected chi connectivity index (χ1v) is 13.9. The number of rotatable bonds is 7. The number of amides is 2. The summed E-state index contributed by atoms with van der Waals surface area (Å²) in [7, 11) is 3.12. The summed E-state index contributed by atoms with van der Waals surface area (Å²) in [6, 6.07) is 11.9. The summed E-state index contributed by atoms with van der Waals surface area (Å²) in [5, 5.41) is -0.534. The van der Waals surface area contributed by atoms with Crippen LogP contribution < -0.4 is 14.4 Å². The van der Waals surface area contributed by atoms with Gasteiger partial charge in [-0.15, -0.1) is 0 Å². The minimum absolute atomic E-state index is 0.108. The number of methoxy groups -OCH3 is 2. The van der Waals surface area contributed by atoms with Gasteiger partial charge < -0.3 is 14.4 Å². The zero-order valence-corrected chi connectivity index (χ0v) is 23.6. The second-order valence-corrected chi connectivity index (χ2v) is 11.7. The minimum Gasteiger partial charge on any atom is -0.493 e. The predicted molar refractivity (Wildman–Crippen MR) is 155 cm³/mol. The van der Waals surface area contributed by atoms with Crippen molar-refractivity contribution in [3.8, 4) is 11.5 Å². The predicted octanol–water partition coefficient (Wildman–Crippen LogP) is 5.23. The number of carbonyl (C=O) groups is 3. The maximum absolute atomic E-state index is 13.1. The zero-order chi connectivity index (χ0) is 27.4. The van der Waals surface area contributed by atoms with Crippen molar-refractivity contribution >= 4 is 57.7 Å². The molecule has 2 aliphatic rings. The van der Waals surface area contributed by atoms with Gasteiger partial charge in [0.15, 0.2) is 17.3 Å². The number of thioether (sulfide) groups is 1. The first-order valence-electron chi connectivity index (χ1n) is 12.6. The highest BCUT2D eigenvalue weighted by Crippen LogP contribution is 2.33. The molecule has 0 spiro atoms. The van der Waals surface area contributed by atoms with E-state index >= 15 is 0 Å². The normalized spacial score (nSPS) is 21.7. The number of ketones is 1. The van der Waals surface area contributed by atoms with Crippen LogP contribution >= 0.6 is 24.0 Å². The van der Waals surface area contributed by atoms with Crippen molar-refractivity contribution in [1.29, 1.82) is 0 Å². The summed E-state index contributed by atoms with van der Waals surface area (Å²) in [6.07, 6.45) is 4.44. The van der Waals surface area contributed by atoms with Crippen molar-refractivity contribution in [3.63, 3.8) is 0 Å². The number of likely N-dealkylation sites (tertiary alicyclic amines) is 1. The number of anilines is 1. The average molecular weight is 553 g/mol. The largest absolute Gasteiger partial charge is 0.493 e. The monoisotopic (exact) mass is 552 g/mol. The minimum atomic E-state index is -0.534. The van der Waals surface area contributed by atoms with E-state index in [-0.39, 0.29) is 24.0 Å². The van der Waals surface area contributed by atoms with Gasteiger partial charge in [0.1, 0.15) is 9.57 Å². The third-order valence-corrected chi connectivity index (χ3v) is 8.38. The number of nitrogens with zero attached hydrogens (tertiary/aromatic N) is 2. The lowest BCUT2D eigenvalue weighted by molar-refractivity contribution is -0.121. The van der Waals surface area contributed by atoms with Crippen LogP contribution in [0.25, 0.3) is 6.08 Å². The number of piperidine rings is 1. The van der Waals surface area contributed by atoms with E-state index < -0.39 is 5.25 Å². The summed E-state index contributed by atoms with van der Waals surface area (Å²) in [5.41, 5.74) is 1.69. The lowest BCUT2D eigenvalue weighted by Gasteiger charge is -2.36. The molecule has 0 aromatic heterocycles. The number of hydrogen-bond acceptors (Lipinski definition) is 7. The molecule has 7 nitrogen and oxygen atoms in total. The molecule has 9 heteroatoms. The molecule has 2 saturated heterocycles. The SMILES string of the molecule is COc1ccc(/C=C/C(=O)c2ccc(N3C(=O)C[C@H](SC(=S)N4C[C@@H](C)C[C@H](C)C4)C3=O)cc2)cc1OC. The molecule has 2 aliphatic heterocycles. The van der Waals surface area contributed by atoms with E-state index in [1.165, 1.54) is 29.2 Å². The van der Waals surface area contributed by atoms with E-state index in [2.05, 4.69) is 18.7 Å². The zero-order valence-electron chi connectivity index (χ0n) is 22.0. The van der Waals surface area contributed by atoms with Gasteiger partial charge in [0, 0.05) is 25.1 Å². The Morgan fingerprint density at radius 1 is 1.00 bits per heavy atom. The lowest BCUT2D eigenvalue weighted by Crippen LogP contribution is -2.41. The van der Waals surface area contributed by atoms with Crippen LogP contribution in [0.5, 0.6) is 11.5 Å². The second kappa shape index (κ2) is 12.1. The van der Waals surface area contributed by atoms with E-state index in [1.807, 2.05) is 6.07 Å². The van der Waals surface area contributed by atoms with Gasteiger partial charge in [-0.2, -0.15) is 0 Å². The second-order valence-electron chi connectivity index (χ2n) is 9.85. The first-order chi connectivity index (χ1) is 18.2. The van der Waals surface area contributed by atoms with Crippen LogP contribution in [0.2, 0.25) is 0 Å². The van der Waals surface area contributed by atoms with Crippen LogP contribution in [0.3, 0.4) is 0 Å². The molecule has 3 atom stereocenters. The van der Waals surface area contributed by atoms with Crippen molar-refractivity contribution in [2.75, 3.05) is 32.2 Å². The molecule has 2 heterocycles. The third-order valence-electron chi connectivity index (χ3n) is 6.72. The molecule has 0 aliphatic carbocycles. The Kier molecular flexibility index (Phi) is 8.89. The van der Waals surface area contributed by atoms with Crippen molar-refractivity contribution in [3.05, 3.63) is 59.7 Å². The average Bonchev–Trinajstić information content (AvgIpc) is 3.18. The third kappa shape index (κ3) is 6.27. The van der Waals surface area contributed by atoms with E-state index in [9.17, 15) is 14.4 Å². The van der Waals surface area contributed by atoms with E-state index in [1.54, 1.807) is 56.7 Å². The molecule has 4 rings (SSSR count). The maximum Gasteiger partial charge on any atom is 0.247 e. The van der Waals surface area contributed by atoms with Crippen molar-refractivity contribution in [2.24, 2.45) is 11.8 Å². The van der Waals surface area contributed by atoms with Gasteiger partial charge in [-0.25, -0.2) is 4.90 Å². The quantitative estimate of drug-likeness (QED) is 0.200. The molecule has 0 radical (unpaired) electrons. The molecular formula is C29H32N2O5S2. The van der Waals surface area contributed by atoms with Crippen LogP contribution in [0.1, 0.15) is 42.6 Å². The van der Waals surface area contributed by atoms with Crippen LogP contribution in [0.4, 0.5) is 5.69 Å². The van der Waals surface area contributed by atoms with Gasteiger partial charge in [-0.05, 0) is 66.3 Å². The molecule has 0 unspecified atom stereocenters. The lowest BCUT2D eigenvalue weighted by atomic mass is 9.92. The molecule has 200 valence electrons. The standard InChI is InChI=1S/C29H32N2O5S2/c1-18-13-19(2)17-30(16-18)29(37)38-26-15-27(33)31(28(26)34)22-9-7-21(8-10-22)23(32)11-5-20-6-12-24(35-3)25(14-20)36-4/h5-12,14,18-19,26H,13,15-17H2,1-4H3/b11-5+/t18-,19-,26-/m0/s1. The van der Waals surface area contributed by atoms with Crippen molar-refractivity contribution in [1.82, 2.24) is 4.90 Å². The smallest absolute Gasteiger partial charge is 0.247 e. The van der Waals surface area contributed by atoms with E-state index in [0.29, 0.717) is 38.9 Å². The number of thiocarbonyl (C=S) groups is 1. The van der Waals surface area contributed by atoms with Gasteiger partial charge in [0.25, 0.3) is 0 Å². The molecule has 2 fully saturated rings. The topological polar surface area (TPSA) is 76.2 Å². The summed E-state index contributed by atoms with van der Waals surface area (Å²) in [6.45, 7) is 6.18. The number of imide groups is 1. The number of allylic oxidation sites excluding steroid dienone is 1. The number of benzene rings is 2. The Morgan fingerprint density at radius 2 is 1.66 bits per heavy atom. The molecule has 2 aromatic carbocycles. The molecule has 2 amide bonds. The van der Waals surface area contributed by atoms with Gasteiger partial charge in [0.05, 0.1) is 19.9 Å². The Hall–Kier alpha value is -3.17. The van der Waals surface area contributed by atoms with Gasteiger partial charge in [-0.1, -0.05) is 50.0 Å². The Balaban J connectivity index is 1.39. The molecule has 0 bridgehead atoms. The van der Waals surface area contributed by atoms with Gasteiger partial charge in [-0.3, -0.25) is 14.4 Å². The highest BCUT2D eigenvalue weighted by molar-refractivity contribution is 8.23. The molecular weight excluding hydrogens is 520 g/mol. The molecule has 0 N–H and O–H groups in total. The van der Waals surface area contributed by atoms with E-state index in [0.717, 1.165) is 18.7 Å². The van der Waals surface area contributed by atoms with Gasteiger partial charge in [0.2, 0.25) is 11.8 Å².